The third kappa shape index (κ3) is 3.12. The Kier molecular flexibility index (Phi) is 4.16. The minimum Gasteiger partial charge on any atom is -0.444 e. The molecule has 0 aromatic carbocycles. The Morgan fingerprint density at radius 1 is 1.18 bits per heavy atom. The molecule has 0 aromatic heterocycles. The van der Waals surface area contributed by atoms with E-state index in [4.69, 9.17) is 4.74 Å². The summed E-state index contributed by atoms with van der Waals surface area (Å²) in [5.41, 5.74) is -0.457. The number of hydrogen-bond acceptors (Lipinski definition) is 3. The maximum absolute atomic E-state index is 12.4. The van der Waals surface area contributed by atoms with Crippen LogP contribution in [0.1, 0.15) is 52.9 Å². The van der Waals surface area contributed by atoms with Crippen LogP contribution in [0.4, 0.5) is 4.79 Å². The first-order valence-corrected chi connectivity index (χ1v) is 9.11. The number of carbonyl (C=O) groups is 2. The lowest BCUT2D eigenvalue weighted by Crippen LogP contribution is -2.53. The molecule has 0 N–H and O–H groups in total. The third-order valence-corrected chi connectivity index (χ3v) is 5.48. The van der Waals surface area contributed by atoms with Crippen molar-refractivity contribution in [3.05, 3.63) is 0 Å². The number of halogens is 1. The smallest absolute Gasteiger partial charge is 0.410 e. The van der Waals surface area contributed by atoms with E-state index >= 15 is 0 Å². The first-order valence-electron chi connectivity index (χ1n) is 8.19. The first-order chi connectivity index (χ1) is 10.2. The van der Waals surface area contributed by atoms with Crippen LogP contribution >= 0.6 is 15.9 Å². The zero-order valence-corrected chi connectivity index (χ0v) is 15.1. The zero-order valence-electron chi connectivity index (χ0n) is 13.5. The Hall–Kier alpha value is -0.780. The van der Waals surface area contributed by atoms with E-state index in [-0.39, 0.29) is 35.0 Å². The van der Waals surface area contributed by atoms with Gasteiger partial charge in [0.05, 0.1) is 0 Å². The largest absolute Gasteiger partial charge is 0.444 e. The molecule has 3 fully saturated rings. The number of ether oxygens (including phenoxy) is 1. The van der Waals surface area contributed by atoms with Gasteiger partial charge in [0, 0.05) is 35.9 Å². The molecule has 2 bridgehead atoms. The molecule has 0 aromatic rings. The van der Waals surface area contributed by atoms with Crippen LogP contribution in [0.3, 0.4) is 0 Å². The van der Waals surface area contributed by atoms with Crippen molar-refractivity contribution in [2.24, 2.45) is 0 Å². The Morgan fingerprint density at radius 2 is 1.77 bits per heavy atom. The van der Waals surface area contributed by atoms with Crippen molar-refractivity contribution in [2.45, 2.75) is 81.4 Å². The second-order valence-electron chi connectivity index (χ2n) is 7.75. The highest BCUT2D eigenvalue weighted by molar-refractivity contribution is 9.09. The van der Waals surface area contributed by atoms with E-state index in [1.54, 1.807) is 0 Å². The lowest BCUT2D eigenvalue weighted by Gasteiger charge is -2.42. The predicted octanol–water partition coefficient (Wildman–Crippen LogP) is 2.91. The van der Waals surface area contributed by atoms with Gasteiger partial charge in [-0.05, 0) is 46.5 Å². The van der Waals surface area contributed by atoms with Crippen LogP contribution in [0, 0.1) is 0 Å². The molecule has 5 nitrogen and oxygen atoms in total. The fourth-order valence-corrected chi connectivity index (χ4v) is 4.64. The number of piperidine rings is 1. The van der Waals surface area contributed by atoms with Gasteiger partial charge in [0.1, 0.15) is 5.60 Å². The summed E-state index contributed by atoms with van der Waals surface area (Å²) in [6.07, 6.45) is 4.24. The molecule has 2 amide bonds. The molecule has 2 unspecified atom stereocenters. The van der Waals surface area contributed by atoms with E-state index in [2.05, 4.69) is 15.9 Å². The van der Waals surface area contributed by atoms with Crippen LogP contribution in [0.15, 0.2) is 0 Å². The molecule has 0 saturated carbocycles. The highest BCUT2D eigenvalue weighted by atomic mass is 79.9. The van der Waals surface area contributed by atoms with Gasteiger partial charge < -0.3 is 14.5 Å². The van der Waals surface area contributed by atoms with Crippen LogP contribution in [0.2, 0.25) is 0 Å². The summed E-state index contributed by atoms with van der Waals surface area (Å²) in [5, 5.41) is 0. The number of carbonyl (C=O) groups excluding carboxylic acids is 2. The van der Waals surface area contributed by atoms with Crippen molar-refractivity contribution in [3.63, 3.8) is 0 Å². The number of nitrogens with zero attached hydrogens (tertiary/aromatic N) is 2. The second kappa shape index (κ2) is 5.69. The number of rotatable bonds is 1. The van der Waals surface area contributed by atoms with Crippen molar-refractivity contribution in [3.8, 4) is 0 Å². The van der Waals surface area contributed by atoms with E-state index in [9.17, 15) is 9.59 Å². The van der Waals surface area contributed by atoms with Gasteiger partial charge in [0.25, 0.3) is 0 Å². The van der Waals surface area contributed by atoms with Gasteiger partial charge in [-0.2, -0.15) is 0 Å². The molecule has 3 saturated heterocycles. The van der Waals surface area contributed by atoms with Crippen LogP contribution in [-0.2, 0) is 9.53 Å². The molecule has 124 valence electrons. The third-order valence-electron chi connectivity index (χ3n) is 4.86. The molecule has 0 aliphatic carbocycles. The molecule has 3 aliphatic heterocycles. The quantitative estimate of drug-likeness (QED) is 0.664. The van der Waals surface area contributed by atoms with Gasteiger partial charge in [-0.3, -0.25) is 4.79 Å². The van der Waals surface area contributed by atoms with Crippen molar-refractivity contribution in [1.29, 1.82) is 0 Å². The summed E-state index contributed by atoms with van der Waals surface area (Å²) in [7, 11) is 0. The highest BCUT2D eigenvalue weighted by Crippen LogP contribution is 2.39. The Labute approximate surface area is 140 Å². The molecule has 22 heavy (non-hydrogen) atoms. The maximum Gasteiger partial charge on any atom is 0.410 e. The molecule has 3 heterocycles. The number of hydrogen-bond donors (Lipinski definition) is 0. The fraction of sp³-hybridized carbons (Fsp3) is 0.875. The van der Waals surface area contributed by atoms with Crippen molar-refractivity contribution in [2.75, 3.05) is 6.54 Å². The average Bonchev–Trinajstić information content (AvgIpc) is 2.84. The van der Waals surface area contributed by atoms with Crippen LogP contribution in [0.25, 0.3) is 0 Å². The number of alkyl halides is 1. The summed E-state index contributed by atoms with van der Waals surface area (Å²) >= 11 is 3.55. The van der Waals surface area contributed by atoms with Crippen LogP contribution in [-0.4, -0.2) is 56.9 Å². The molecule has 3 rings (SSSR count). The number of fused-ring (bicyclic) bond motifs is 2. The van der Waals surface area contributed by atoms with E-state index in [0.29, 0.717) is 6.42 Å². The molecule has 6 heteroatoms. The van der Waals surface area contributed by atoms with E-state index in [1.165, 1.54) is 0 Å². The van der Waals surface area contributed by atoms with Crippen molar-refractivity contribution in [1.82, 2.24) is 9.80 Å². The summed E-state index contributed by atoms with van der Waals surface area (Å²) in [5.74, 6) is 0.247. The highest BCUT2D eigenvalue weighted by Gasteiger charge is 2.47. The van der Waals surface area contributed by atoms with Gasteiger partial charge in [0.2, 0.25) is 5.91 Å². The average molecular weight is 373 g/mol. The van der Waals surface area contributed by atoms with E-state index in [1.807, 2.05) is 30.6 Å². The summed E-state index contributed by atoms with van der Waals surface area (Å²) in [6, 6.07) is 0.729. The minimum absolute atomic E-state index is 0.190. The van der Waals surface area contributed by atoms with Gasteiger partial charge >= 0.3 is 6.09 Å². The molecule has 0 radical (unpaired) electrons. The van der Waals surface area contributed by atoms with E-state index < -0.39 is 5.60 Å². The molecular weight excluding hydrogens is 348 g/mol. The van der Waals surface area contributed by atoms with E-state index in [0.717, 1.165) is 32.2 Å². The van der Waals surface area contributed by atoms with Crippen LogP contribution < -0.4 is 0 Å². The normalized spacial score (nSPS) is 35.2. The second-order valence-corrected chi connectivity index (χ2v) is 9.04. The zero-order chi connectivity index (χ0) is 16.1. The molecule has 4 atom stereocenters. The summed E-state index contributed by atoms with van der Waals surface area (Å²) < 4.78 is 5.56. The minimum atomic E-state index is -0.457. The maximum atomic E-state index is 12.4. The van der Waals surface area contributed by atoms with Crippen molar-refractivity contribution >= 4 is 27.9 Å². The standard InChI is InChI=1S/C16H25BrN2O3/c1-16(2,3)22-15(21)19-11-4-5-12(19)8-13(7-11)18-9-10(17)6-14(18)20/h10-13H,4-9H2,1-3H3/t10?,11-,12+,13?. The van der Waals surface area contributed by atoms with Crippen molar-refractivity contribution < 1.29 is 14.3 Å². The number of amides is 2. The van der Waals surface area contributed by atoms with Gasteiger partial charge in [-0.25, -0.2) is 4.79 Å². The van der Waals surface area contributed by atoms with Gasteiger partial charge in [-0.15, -0.1) is 0 Å². The predicted molar refractivity (Wildman–Crippen MR) is 87.0 cm³/mol. The first kappa shape index (κ1) is 16.1. The Morgan fingerprint density at radius 3 is 2.23 bits per heavy atom. The Balaban J connectivity index is 1.67. The van der Waals surface area contributed by atoms with Gasteiger partial charge in [-0.1, -0.05) is 15.9 Å². The topological polar surface area (TPSA) is 49.9 Å². The number of likely N-dealkylation sites (tertiary alicyclic amines) is 1. The van der Waals surface area contributed by atoms with Gasteiger partial charge in [0.15, 0.2) is 0 Å². The molecule has 0 spiro atoms. The van der Waals surface area contributed by atoms with Crippen LogP contribution in [0.5, 0.6) is 0 Å². The SMILES string of the molecule is CC(C)(C)OC(=O)N1[C@@H]2CC[C@H]1CC(N1CC(Br)CC1=O)C2. The lowest BCUT2D eigenvalue weighted by molar-refractivity contribution is -0.130. The lowest BCUT2D eigenvalue weighted by atomic mass is 9.96. The Bertz CT molecular complexity index is 463. The fourth-order valence-electron chi connectivity index (χ4n) is 4.05. The monoisotopic (exact) mass is 372 g/mol. The molecular formula is C16H25BrN2O3. The summed E-state index contributed by atoms with van der Waals surface area (Å²) in [6.45, 7) is 6.51. The molecule has 3 aliphatic rings. The summed E-state index contributed by atoms with van der Waals surface area (Å²) in [4.78, 5) is 28.8.